The third-order valence-corrected chi connectivity index (χ3v) is 3.33. The first-order valence-corrected chi connectivity index (χ1v) is 7.73. The van der Waals surface area contributed by atoms with Crippen molar-refractivity contribution in [2.24, 2.45) is 0 Å². The molecule has 5 heteroatoms. The predicted octanol–water partition coefficient (Wildman–Crippen LogP) is 2.69. The first-order valence-electron chi connectivity index (χ1n) is 7.73. The number of carbonyl (C=O) groups excluding carboxylic acids is 1. The Bertz CT molecular complexity index is 776. The number of benzene rings is 1. The Morgan fingerprint density at radius 1 is 1.33 bits per heavy atom. The Kier molecular flexibility index (Phi) is 6.21. The molecule has 0 aliphatic rings. The average Bonchev–Trinajstić information content (AvgIpc) is 2.57. The number of hydrogen-bond acceptors (Lipinski definition) is 4. The highest BCUT2D eigenvalue weighted by atomic mass is 16.5. The molecule has 0 bridgehead atoms. The van der Waals surface area contributed by atoms with E-state index in [1.54, 1.807) is 19.1 Å². The van der Waals surface area contributed by atoms with Crippen molar-refractivity contribution in [2.75, 3.05) is 12.3 Å². The van der Waals surface area contributed by atoms with Crippen LogP contribution in [0, 0.1) is 18.8 Å². The molecule has 0 saturated carbocycles. The van der Waals surface area contributed by atoms with E-state index in [0.717, 1.165) is 17.0 Å². The monoisotopic (exact) mass is 323 g/mol. The Labute approximate surface area is 142 Å². The number of amides is 1. The number of pyridine rings is 1. The summed E-state index contributed by atoms with van der Waals surface area (Å²) < 4.78 is 5.63. The number of nitrogen functional groups attached to an aromatic ring is 1. The third-order valence-electron chi connectivity index (χ3n) is 3.33. The number of rotatable bonds is 6. The van der Waals surface area contributed by atoms with Gasteiger partial charge in [0.05, 0.1) is 12.2 Å². The molecule has 5 nitrogen and oxygen atoms in total. The number of aryl methyl sites for hydroxylation is 1. The van der Waals surface area contributed by atoms with Gasteiger partial charge in [-0.3, -0.25) is 4.79 Å². The van der Waals surface area contributed by atoms with Crippen molar-refractivity contribution in [3.63, 3.8) is 0 Å². The van der Waals surface area contributed by atoms with Crippen LogP contribution in [0.2, 0.25) is 0 Å². The minimum atomic E-state index is -0.246. The topological polar surface area (TPSA) is 77.2 Å². The molecule has 1 aromatic carbocycles. The van der Waals surface area contributed by atoms with E-state index in [1.165, 1.54) is 0 Å². The van der Waals surface area contributed by atoms with E-state index in [1.807, 2.05) is 31.2 Å². The smallest absolute Gasteiger partial charge is 0.255 e. The molecule has 0 fully saturated rings. The first-order chi connectivity index (χ1) is 11.6. The Balaban J connectivity index is 1.93. The number of nitrogens with two attached hydrogens (primary N) is 1. The summed E-state index contributed by atoms with van der Waals surface area (Å²) >= 11 is 0. The van der Waals surface area contributed by atoms with Crippen molar-refractivity contribution in [2.45, 2.75) is 26.8 Å². The molecule has 0 aliphatic carbocycles. The van der Waals surface area contributed by atoms with E-state index in [0.29, 0.717) is 25.1 Å². The number of aromatic nitrogens is 1. The van der Waals surface area contributed by atoms with Crippen molar-refractivity contribution in [3.8, 4) is 17.6 Å². The lowest BCUT2D eigenvalue weighted by Crippen LogP contribution is -2.24. The molecule has 1 heterocycles. The molecule has 1 amide bonds. The summed E-state index contributed by atoms with van der Waals surface area (Å²) in [7, 11) is 0. The molecule has 2 aromatic rings. The van der Waals surface area contributed by atoms with Gasteiger partial charge in [-0.1, -0.05) is 12.1 Å². The second kappa shape index (κ2) is 8.59. The lowest BCUT2D eigenvalue weighted by Gasteiger charge is -2.09. The minimum Gasteiger partial charge on any atom is -0.493 e. The number of nitrogens with one attached hydrogen (secondary N) is 1. The summed E-state index contributed by atoms with van der Waals surface area (Å²) in [5.74, 6) is 6.53. The molecule has 0 radical (unpaired) electrons. The summed E-state index contributed by atoms with van der Waals surface area (Å²) in [5.41, 5.74) is 7.90. The Morgan fingerprint density at radius 3 is 2.92 bits per heavy atom. The standard InChI is InChI=1S/C19H21N3O2/c1-3-4-5-11-24-16-8-6-7-15(12-16)13-21-19(23)17-10-9-14(2)22-18(17)20/h6-10,12H,5,11,13H2,1-2H3,(H2,20,22)(H,21,23). The zero-order chi connectivity index (χ0) is 17.4. The number of nitrogens with zero attached hydrogens (tertiary/aromatic N) is 1. The molecule has 0 unspecified atom stereocenters. The van der Waals surface area contributed by atoms with Crippen molar-refractivity contribution in [1.82, 2.24) is 10.3 Å². The molecule has 124 valence electrons. The maximum Gasteiger partial charge on any atom is 0.255 e. The van der Waals surface area contributed by atoms with Crippen LogP contribution in [-0.2, 0) is 6.54 Å². The van der Waals surface area contributed by atoms with Gasteiger partial charge in [-0.15, -0.1) is 11.8 Å². The summed E-state index contributed by atoms with van der Waals surface area (Å²) in [6.45, 7) is 4.57. The molecule has 0 atom stereocenters. The predicted molar refractivity (Wildman–Crippen MR) is 94.6 cm³/mol. The van der Waals surface area contributed by atoms with E-state index >= 15 is 0 Å². The van der Waals surface area contributed by atoms with Gasteiger partial charge in [0.15, 0.2) is 0 Å². The summed E-state index contributed by atoms with van der Waals surface area (Å²) in [5, 5.41) is 2.84. The molecule has 24 heavy (non-hydrogen) atoms. The van der Waals surface area contributed by atoms with Gasteiger partial charge in [0.1, 0.15) is 11.6 Å². The quantitative estimate of drug-likeness (QED) is 0.633. The number of carbonyl (C=O) groups is 1. The van der Waals surface area contributed by atoms with Crippen LogP contribution < -0.4 is 15.8 Å². The molecule has 0 aliphatic heterocycles. The fraction of sp³-hybridized carbons (Fsp3) is 0.263. The van der Waals surface area contributed by atoms with Crippen molar-refractivity contribution >= 4 is 11.7 Å². The van der Waals surface area contributed by atoms with E-state index in [-0.39, 0.29) is 11.7 Å². The zero-order valence-electron chi connectivity index (χ0n) is 13.9. The van der Waals surface area contributed by atoms with Crippen molar-refractivity contribution in [3.05, 3.63) is 53.2 Å². The second-order valence-electron chi connectivity index (χ2n) is 5.24. The van der Waals surface area contributed by atoms with Crippen LogP contribution in [-0.4, -0.2) is 17.5 Å². The Hall–Kier alpha value is -3.00. The Morgan fingerprint density at radius 2 is 2.17 bits per heavy atom. The van der Waals surface area contributed by atoms with Gasteiger partial charge in [-0.2, -0.15) is 0 Å². The van der Waals surface area contributed by atoms with Gasteiger partial charge < -0.3 is 15.8 Å². The van der Waals surface area contributed by atoms with E-state index < -0.39 is 0 Å². The summed E-state index contributed by atoms with van der Waals surface area (Å²) in [4.78, 5) is 16.3. The van der Waals surface area contributed by atoms with Gasteiger partial charge in [-0.05, 0) is 43.7 Å². The van der Waals surface area contributed by atoms with Crippen LogP contribution in [0.1, 0.15) is 35.0 Å². The first kappa shape index (κ1) is 17.4. The van der Waals surface area contributed by atoms with Crippen LogP contribution in [0.3, 0.4) is 0 Å². The van der Waals surface area contributed by atoms with Crippen LogP contribution >= 0.6 is 0 Å². The lowest BCUT2D eigenvalue weighted by atomic mass is 10.2. The molecule has 3 N–H and O–H groups in total. The largest absolute Gasteiger partial charge is 0.493 e. The summed E-state index contributed by atoms with van der Waals surface area (Å²) in [6.07, 6.45) is 0.692. The van der Waals surface area contributed by atoms with Crippen LogP contribution in [0.5, 0.6) is 5.75 Å². The molecule has 1 aromatic heterocycles. The lowest BCUT2D eigenvalue weighted by molar-refractivity contribution is 0.0951. The fourth-order valence-electron chi connectivity index (χ4n) is 2.14. The van der Waals surface area contributed by atoms with Gasteiger partial charge in [-0.25, -0.2) is 4.98 Å². The SMILES string of the molecule is CC#CCCOc1cccc(CNC(=O)c2ccc(C)nc2N)c1. The zero-order valence-corrected chi connectivity index (χ0v) is 13.9. The van der Waals surface area contributed by atoms with Crippen molar-refractivity contribution < 1.29 is 9.53 Å². The highest BCUT2D eigenvalue weighted by Gasteiger charge is 2.10. The maximum atomic E-state index is 12.2. The minimum absolute atomic E-state index is 0.238. The van der Waals surface area contributed by atoms with E-state index in [4.69, 9.17) is 10.5 Å². The number of anilines is 1. The third kappa shape index (κ3) is 5.03. The highest BCUT2D eigenvalue weighted by Crippen LogP contribution is 2.14. The van der Waals surface area contributed by atoms with Gasteiger partial charge in [0, 0.05) is 18.7 Å². The van der Waals surface area contributed by atoms with E-state index in [2.05, 4.69) is 22.1 Å². The molecular formula is C19H21N3O2. The second-order valence-corrected chi connectivity index (χ2v) is 5.24. The normalized spacial score (nSPS) is 9.75. The average molecular weight is 323 g/mol. The molecular weight excluding hydrogens is 302 g/mol. The number of ether oxygens (including phenoxy) is 1. The van der Waals surface area contributed by atoms with Crippen LogP contribution in [0.15, 0.2) is 36.4 Å². The van der Waals surface area contributed by atoms with E-state index in [9.17, 15) is 4.79 Å². The number of hydrogen-bond donors (Lipinski definition) is 2. The van der Waals surface area contributed by atoms with Gasteiger partial charge >= 0.3 is 0 Å². The van der Waals surface area contributed by atoms with Gasteiger partial charge in [0.25, 0.3) is 5.91 Å². The molecule has 0 spiro atoms. The van der Waals surface area contributed by atoms with Crippen molar-refractivity contribution in [1.29, 1.82) is 0 Å². The fourth-order valence-corrected chi connectivity index (χ4v) is 2.14. The van der Waals surface area contributed by atoms with Gasteiger partial charge in [0.2, 0.25) is 0 Å². The maximum absolute atomic E-state index is 12.2. The molecule has 0 saturated heterocycles. The summed E-state index contributed by atoms with van der Waals surface area (Å²) in [6, 6.07) is 11.0. The van der Waals surface area contributed by atoms with Crippen LogP contribution in [0.25, 0.3) is 0 Å². The highest BCUT2D eigenvalue weighted by molar-refractivity contribution is 5.98. The molecule has 2 rings (SSSR count). The van der Waals surface area contributed by atoms with Crippen LogP contribution in [0.4, 0.5) is 5.82 Å².